The third-order valence-corrected chi connectivity index (χ3v) is 1.50. The van der Waals surface area contributed by atoms with Gasteiger partial charge in [0.1, 0.15) is 0 Å². The number of imidazole rings is 1. The van der Waals surface area contributed by atoms with Gasteiger partial charge in [-0.3, -0.25) is 0 Å². The summed E-state index contributed by atoms with van der Waals surface area (Å²) in [6.45, 7) is 3.77. The molecule has 0 aliphatic heterocycles. The Labute approximate surface area is 64.6 Å². The van der Waals surface area contributed by atoms with Crippen molar-refractivity contribution in [1.29, 1.82) is 0 Å². The van der Waals surface area contributed by atoms with Gasteiger partial charge in [-0.15, -0.1) is 0 Å². The van der Waals surface area contributed by atoms with E-state index in [9.17, 15) is 0 Å². The first kappa shape index (κ1) is 7.57. The number of hydrogen-bond donors (Lipinski definition) is 2. The first-order valence-corrected chi connectivity index (χ1v) is 3.46. The van der Waals surface area contributed by atoms with Crippen LogP contribution < -0.4 is 5.73 Å². The van der Waals surface area contributed by atoms with Crippen LogP contribution in [0.25, 0.3) is 0 Å². The molecule has 0 amide bonds. The third-order valence-electron chi connectivity index (χ3n) is 1.32. The smallest absolute Gasteiger partial charge is 0.200 e. The molecular weight excluding hydrogens is 150 g/mol. The van der Waals surface area contributed by atoms with Gasteiger partial charge in [-0.05, 0) is 25.4 Å². The quantitative estimate of drug-likeness (QED) is 0.651. The average Bonchev–Trinajstić information content (AvgIpc) is 2.10. The number of nitrogens with one attached hydrogen (secondary N) is 1. The zero-order chi connectivity index (χ0) is 7.72. The minimum atomic E-state index is -0.0521. The number of aryl methyl sites for hydroxylation is 1. The fraction of sp³-hybridized carbons (Fsp3) is 0.500. The number of aromatic amines is 1. The van der Waals surface area contributed by atoms with Crippen LogP contribution in [0, 0.1) is 6.92 Å². The van der Waals surface area contributed by atoms with Crippen molar-refractivity contribution in [2.75, 3.05) is 0 Å². The van der Waals surface area contributed by atoms with Gasteiger partial charge >= 0.3 is 0 Å². The largest absolute Gasteiger partial charge is 0.333 e. The molecule has 1 heterocycles. The van der Waals surface area contributed by atoms with Crippen molar-refractivity contribution in [3.05, 3.63) is 16.7 Å². The summed E-state index contributed by atoms with van der Waals surface area (Å²) >= 11 is 5.59. The molecule has 1 unspecified atom stereocenters. The van der Waals surface area contributed by atoms with E-state index in [2.05, 4.69) is 9.97 Å². The number of H-pyrrole nitrogens is 1. The first-order valence-electron chi connectivity index (χ1n) is 3.09. The second kappa shape index (κ2) is 2.60. The zero-order valence-electron chi connectivity index (χ0n) is 5.98. The van der Waals surface area contributed by atoms with Crippen LogP contribution in [0.4, 0.5) is 0 Å². The second-order valence-corrected chi connectivity index (χ2v) is 2.68. The molecular formula is C6H10ClN3. The molecule has 3 nitrogen and oxygen atoms in total. The number of hydrogen-bond acceptors (Lipinski definition) is 2. The van der Waals surface area contributed by atoms with Crippen molar-refractivity contribution in [3.8, 4) is 0 Å². The lowest BCUT2D eigenvalue weighted by Crippen LogP contribution is -2.06. The number of nitrogens with zero attached hydrogens (tertiary/aromatic N) is 1. The molecule has 10 heavy (non-hydrogen) atoms. The Morgan fingerprint density at radius 1 is 1.70 bits per heavy atom. The van der Waals surface area contributed by atoms with Crippen molar-refractivity contribution in [1.82, 2.24) is 9.97 Å². The lowest BCUT2D eigenvalue weighted by Gasteiger charge is -1.99. The average molecular weight is 160 g/mol. The van der Waals surface area contributed by atoms with E-state index in [-0.39, 0.29) is 6.04 Å². The van der Waals surface area contributed by atoms with Gasteiger partial charge in [-0.2, -0.15) is 0 Å². The monoisotopic (exact) mass is 159 g/mol. The Morgan fingerprint density at radius 2 is 2.30 bits per heavy atom. The zero-order valence-corrected chi connectivity index (χ0v) is 6.74. The summed E-state index contributed by atoms with van der Waals surface area (Å²) < 4.78 is 0. The highest BCUT2D eigenvalue weighted by Crippen LogP contribution is 2.14. The van der Waals surface area contributed by atoms with Gasteiger partial charge in [0, 0.05) is 11.7 Å². The van der Waals surface area contributed by atoms with Crippen molar-refractivity contribution in [2.24, 2.45) is 5.73 Å². The van der Waals surface area contributed by atoms with E-state index in [1.165, 1.54) is 0 Å². The minimum Gasteiger partial charge on any atom is -0.333 e. The van der Waals surface area contributed by atoms with Crippen LogP contribution in [0.5, 0.6) is 0 Å². The molecule has 0 bridgehead atoms. The Balaban J connectivity index is 3.03. The normalized spacial score (nSPS) is 13.6. The number of halogens is 1. The van der Waals surface area contributed by atoms with E-state index in [0.29, 0.717) is 5.28 Å². The van der Waals surface area contributed by atoms with E-state index in [4.69, 9.17) is 17.3 Å². The van der Waals surface area contributed by atoms with Crippen molar-refractivity contribution in [3.63, 3.8) is 0 Å². The van der Waals surface area contributed by atoms with Crippen LogP contribution in [0.3, 0.4) is 0 Å². The molecule has 1 aromatic heterocycles. The molecule has 4 heteroatoms. The highest BCUT2D eigenvalue weighted by Gasteiger charge is 2.07. The molecule has 0 aromatic carbocycles. The lowest BCUT2D eigenvalue weighted by atomic mass is 10.2. The maximum Gasteiger partial charge on any atom is 0.200 e. The topological polar surface area (TPSA) is 54.7 Å². The maximum absolute atomic E-state index is 5.59. The number of aromatic nitrogens is 2. The van der Waals surface area contributed by atoms with Gasteiger partial charge in [0.2, 0.25) is 5.28 Å². The Bertz CT molecular complexity index is 229. The third kappa shape index (κ3) is 1.30. The molecule has 0 fully saturated rings. The molecule has 1 aromatic rings. The molecule has 0 aliphatic carbocycles. The fourth-order valence-corrected chi connectivity index (χ4v) is 1.11. The van der Waals surface area contributed by atoms with Gasteiger partial charge < -0.3 is 10.7 Å². The Morgan fingerprint density at radius 3 is 2.50 bits per heavy atom. The van der Waals surface area contributed by atoms with Crippen LogP contribution >= 0.6 is 11.6 Å². The number of rotatable bonds is 1. The van der Waals surface area contributed by atoms with Crippen LogP contribution in [-0.4, -0.2) is 9.97 Å². The first-order chi connectivity index (χ1) is 4.61. The summed E-state index contributed by atoms with van der Waals surface area (Å²) in [7, 11) is 0. The summed E-state index contributed by atoms with van der Waals surface area (Å²) in [6.07, 6.45) is 0. The number of nitrogens with two attached hydrogens (primary N) is 1. The van der Waals surface area contributed by atoms with Crippen molar-refractivity contribution in [2.45, 2.75) is 19.9 Å². The van der Waals surface area contributed by atoms with Crippen LogP contribution in [0.2, 0.25) is 5.28 Å². The second-order valence-electron chi connectivity index (χ2n) is 2.33. The molecule has 0 saturated carbocycles. The lowest BCUT2D eigenvalue weighted by molar-refractivity contribution is 0.780. The summed E-state index contributed by atoms with van der Waals surface area (Å²) in [4.78, 5) is 6.86. The molecule has 0 aliphatic rings. The Kier molecular flexibility index (Phi) is 1.97. The highest BCUT2D eigenvalue weighted by molar-refractivity contribution is 6.28. The predicted octanol–water partition coefficient (Wildman–Crippen LogP) is 1.39. The molecule has 0 radical (unpaired) electrons. The molecule has 1 atom stereocenters. The molecule has 56 valence electrons. The molecule has 3 N–H and O–H groups in total. The minimum absolute atomic E-state index is 0.0521. The summed E-state index contributed by atoms with van der Waals surface area (Å²) in [5.74, 6) is 0. The highest BCUT2D eigenvalue weighted by atomic mass is 35.5. The van der Waals surface area contributed by atoms with E-state index in [1.54, 1.807) is 0 Å². The maximum atomic E-state index is 5.59. The van der Waals surface area contributed by atoms with Gasteiger partial charge in [0.15, 0.2) is 0 Å². The van der Waals surface area contributed by atoms with Gasteiger partial charge in [0.05, 0.1) is 5.69 Å². The predicted molar refractivity (Wildman–Crippen MR) is 40.9 cm³/mol. The van der Waals surface area contributed by atoms with Gasteiger partial charge in [-0.25, -0.2) is 4.98 Å². The van der Waals surface area contributed by atoms with Crippen LogP contribution in [0.15, 0.2) is 0 Å². The fourth-order valence-electron chi connectivity index (χ4n) is 0.880. The van der Waals surface area contributed by atoms with Crippen LogP contribution in [0.1, 0.15) is 24.4 Å². The molecule has 0 spiro atoms. The van der Waals surface area contributed by atoms with E-state index >= 15 is 0 Å². The summed E-state index contributed by atoms with van der Waals surface area (Å²) in [6, 6.07) is -0.0521. The van der Waals surface area contributed by atoms with Crippen molar-refractivity contribution < 1.29 is 0 Å². The Hall–Kier alpha value is -0.540. The van der Waals surface area contributed by atoms with Crippen LogP contribution in [-0.2, 0) is 0 Å². The van der Waals surface area contributed by atoms with Gasteiger partial charge in [0.25, 0.3) is 0 Å². The summed E-state index contributed by atoms with van der Waals surface area (Å²) in [5.41, 5.74) is 7.37. The summed E-state index contributed by atoms with van der Waals surface area (Å²) in [5, 5.41) is 0.407. The van der Waals surface area contributed by atoms with E-state index in [0.717, 1.165) is 11.4 Å². The standard InChI is InChI=1S/C6H10ClN3/c1-3(8)5-4(2)9-6(7)10-5/h3H,8H2,1-2H3,(H,9,10). The molecule has 0 saturated heterocycles. The van der Waals surface area contributed by atoms with Gasteiger partial charge in [-0.1, -0.05) is 0 Å². The molecule has 1 rings (SSSR count). The van der Waals surface area contributed by atoms with Crippen molar-refractivity contribution >= 4 is 11.6 Å². The van der Waals surface area contributed by atoms with E-state index in [1.807, 2.05) is 13.8 Å². The van der Waals surface area contributed by atoms with E-state index < -0.39 is 0 Å². The SMILES string of the molecule is Cc1[nH]c(Cl)nc1C(C)N.